The molecule has 0 aliphatic carbocycles. The molecule has 0 radical (unpaired) electrons. The summed E-state index contributed by atoms with van der Waals surface area (Å²) < 4.78 is 5.30. The first-order valence-corrected chi connectivity index (χ1v) is 5.52. The van der Waals surface area contributed by atoms with Gasteiger partial charge in [-0.25, -0.2) is 0 Å². The van der Waals surface area contributed by atoms with Gasteiger partial charge in [-0.2, -0.15) is 0 Å². The van der Waals surface area contributed by atoms with Crippen molar-refractivity contribution in [3.05, 3.63) is 30.1 Å². The van der Waals surface area contributed by atoms with Crippen molar-refractivity contribution in [2.24, 2.45) is 10.9 Å². The van der Waals surface area contributed by atoms with Crippen LogP contribution in [0.4, 0.5) is 0 Å². The third-order valence-corrected chi connectivity index (χ3v) is 2.81. The molecule has 0 amide bonds. The second kappa shape index (κ2) is 5.60. The topological polar surface area (TPSA) is 84.0 Å². The molecule has 1 fully saturated rings. The van der Waals surface area contributed by atoms with Gasteiger partial charge in [-0.3, -0.25) is 9.88 Å². The Morgan fingerprint density at radius 3 is 2.88 bits per heavy atom. The molecule has 1 saturated heterocycles. The molecule has 0 spiro atoms. The maximum Gasteiger partial charge on any atom is 0.161 e. The van der Waals surface area contributed by atoms with Crippen LogP contribution < -0.4 is 5.73 Å². The highest BCUT2D eigenvalue weighted by molar-refractivity contribution is 5.86. The quantitative estimate of drug-likeness (QED) is 0.339. The van der Waals surface area contributed by atoms with Gasteiger partial charge >= 0.3 is 0 Å². The number of hydrogen-bond acceptors (Lipinski definition) is 5. The minimum absolute atomic E-state index is 0.180. The predicted molar refractivity (Wildman–Crippen MR) is 62.8 cm³/mol. The zero-order valence-electron chi connectivity index (χ0n) is 9.49. The van der Waals surface area contributed by atoms with Gasteiger partial charge in [0.15, 0.2) is 5.84 Å². The van der Waals surface area contributed by atoms with Crippen LogP contribution in [0.3, 0.4) is 0 Å². The molecular weight excluding hydrogens is 220 g/mol. The Balaban J connectivity index is 2.25. The molecule has 2 heterocycles. The Morgan fingerprint density at radius 1 is 1.53 bits per heavy atom. The first-order chi connectivity index (χ1) is 8.33. The summed E-state index contributed by atoms with van der Waals surface area (Å²) in [6, 6.07) is 3.52. The lowest BCUT2D eigenvalue weighted by Crippen LogP contribution is -2.44. The van der Waals surface area contributed by atoms with Crippen LogP contribution in [0, 0.1) is 0 Å². The number of pyridine rings is 1. The summed E-state index contributed by atoms with van der Waals surface area (Å²) in [6.07, 6.45) is 3.43. The van der Waals surface area contributed by atoms with E-state index in [4.69, 9.17) is 15.7 Å². The molecule has 17 heavy (non-hydrogen) atoms. The number of oxime groups is 1. The summed E-state index contributed by atoms with van der Waals surface area (Å²) in [4.78, 5) is 6.19. The Kier molecular flexibility index (Phi) is 3.89. The average molecular weight is 236 g/mol. The molecule has 92 valence electrons. The summed E-state index contributed by atoms with van der Waals surface area (Å²) in [5, 5.41) is 12.0. The van der Waals surface area contributed by atoms with Gasteiger partial charge < -0.3 is 15.7 Å². The van der Waals surface area contributed by atoms with Crippen LogP contribution in [0.2, 0.25) is 0 Å². The largest absolute Gasteiger partial charge is 0.409 e. The molecule has 0 saturated carbocycles. The molecule has 2 rings (SSSR count). The van der Waals surface area contributed by atoms with Crippen molar-refractivity contribution >= 4 is 5.84 Å². The van der Waals surface area contributed by atoms with Crippen LogP contribution in [-0.4, -0.2) is 47.2 Å². The number of ether oxygens (including phenoxy) is 1. The molecular formula is C11H16N4O2. The zero-order valence-corrected chi connectivity index (χ0v) is 9.49. The average Bonchev–Trinajstić information content (AvgIpc) is 2.41. The number of rotatable bonds is 3. The van der Waals surface area contributed by atoms with Gasteiger partial charge in [0.2, 0.25) is 0 Å². The number of hydrogen-bond donors (Lipinski definition) is 2. The Morgan fingerprint density at radius 2 is 2.29 bits per heavy atom. The van der Waals surface area contributed by atoms with E-state index in [1.807, 2.05) is 12.1 Å². The van der Waals surface area contributed by atoms with Gasteiger partial charge in [-0.05, 0) is 11.6 Å². The SMILES string of the molecule is N/C(=N\O)C(c1cccnc1)N1CCOCC1. The lowest BCUT2D eigenvalue weighted by atomic mass is 10.1. The maximum atomic E-state index is 8.88. The van der Waals surface area contributed by atoms with Crippen LogP contribution in [0.5, 0.6) is 0 Å². The maximum absolute atomic E-state index is 8.88. The molecule has 1 aliphatic heterocycles. The minimum atomic E-state index is -0.238. The van der Waals surface area contributed by atoms with E-state index >= 15 is 0 Å². The van der Waals surface area contributed by atoms with Gasteiger partial charge in [0.05, 0.1) is 19.3 Å². The van der Waals surface area contributed by atoms with Crippen molar-refractivity contribution in [2.75, 3.05) is 26.3 Å². The molecule has 6 heteroatoms. The lowest BCUT2D eigenvalue weighted by molar-refractivity contribution is 0.0279. The van der Waals surface area contributed by atoms with Crippen LogP contribution in [-0.2, 0) is 4.74 Å². The Labute approximate surface area is 99.7 Å². The van der Waals surface area contributed by atoms with Gasteiger partial charge in [0, 0.05) is 25.5 Å². The predicted octanol–water partition coefficient (Wildman–Crippen LogP) is 0.201. The van der Waals surface area contributed by atoms with Crippen molar-refractivity contribution in [3.63, 3.8) is 0 Å². The van der Waals surface area contributed by atoms with Crippen molar-refractivity contribution < 1.29 is 9.94 Å². The molecule has 0 aromatic carbocycles. The van der Waals surface area contributed by atoms with Crippen molar-refractivity contribution in [1.82, 2.24) is 9.88 Å². The van der Waals surface area contributed by atoms with Crippen molar-refractivity contribution in [3.8, 4) is 0 Å². The minimum Gasteiger partial charge on any atom is -0.409 e. The van der Waals surface area contributed by atoms with E-state index in [1.165, 1.54) is 0 Å². The molecule has 3 N–H and O–H groups in total. The number of nitrogens with zero attached hydrogens (tertiary/aromatic N) is 3. The van der Waals surface area contributed by atoms with Gasteiger partial charge in [-0.15, -0.1) is 0 Å². The number of morpholine rings is 1. The normalized spacial score (nSPS) is 20.1. The number of amidine groups is 1. The fraction of sp³-hybridized carbons (Fsp3) is 0.455. The third-order valence-electron chi connectivity index (χ3n) is 2.81. The summed E-state index contributed by atoms with van der Waals surface area (Å²) >= 11 is 0. The lowest BCUT2D eigenvalue weighted by Gasteiger charge is -2.33. The van der Waals surface area contributed by atoms with E-state index in [2.05, 4.69) is 15.0 Å². The van der Waals surface area contributed by atoms with E-state index in [1.54, 1.807) is 12.4 Å². The summed E-state index contributed by atoms with van der Waals surface area (Å²) in [7, 11) is 0. The molecule has 6 nitrogen and oxygen atoms in total. The van der Waals surface area contributed by atoms with Crippen molar-refractivity contribution in [2.45, 2.75) is 6.04 Å². The zero-order chi connectivity index (χ0) is 12.1. The second-order valence-corrected chi connectivity index (χ2v) is 3.86. The van der Waals surface area contributed by atoms with Crippen LogP contribution in [0.25, 0.3) is 0 Å². The smallest absolute Gasteiger partial charge is 0.161 e. The van der Waals surface area contributed by atoms with Gasteiger partial charge in [0.1, 0.15) is 0 Å². The highest BCUT2D eigenvalue weighted by Gasteiger charge is 2.26. The number of nitrogens with two attached hydrogens (primary N) is 1. The van der Waals surface area contributed by atoms with Gasteiger partial charge in [0.25, 0.3) is 0 Å². The van der Waals surface area contributed by atoms with E-state index in [0.29, 0.717) is 13.2 Å². The molecule has 1 aliphatic rings. The van der Waals surface area contributed by atoms with E-state index < -0.39 is 0 Å². The van der Waals surface area contributed by atoms with E-state index in [9.17, 15) is 0 Å². The Hall–Kier alpha value is -1.66. The fourth-order valence-corrected chi connectivity index (χ4v) is 2.00. The molecule has 1 aromatic heterocycles. The van der Waals surface area contributed by atoms with Crippen LogP contribution in [0.1, 0.15) is 11.6 Å². The van der Waals surface area contributed by atoms with Crippen LogP contribution >= 0.6 is 0 Å². The molecule has 1 unspecified atom stereocenters. The summed E-state index contributed by atoms with van der Waals surface area (Å²) in [6.45, 7) is 2.84. The summed E-state index contributed by atoms with van der Waals surface area (Å²) in [5.41, 5.74) is 6.69. The molecule has 0 bridgehead atoms. The third kappa shape index (κ3) is 2.72. The monoisotopic (exact) mass is 236 g/mol. The Bertz CT molecular complexity index is 376. The molecule has 1 aromatic rings. The summed E-state index contributed by atoms with van der Waals surface area (Å²) in [5.74, 6) is 0.180. The highest BCUT2D eigenvalue weighted by Crippen LogP contribution is 2.21. The molecule has 1 atom stereocenters. The highest BCUT2D eigenvalue weighted by atomic mass is 16.5. The first-order valence-electron chi connectivity index (χ1n) is 5.52. The van der Waals surface area contributed by atoms with E-state index in [-0.39, 0.29) is 11.9 Å². The number of aromatic nitrogens is 1. The first kappa shape index (κ1) is 11.8. The standard InChI is InChI=1S/C11H16N4O2/c12-11(14-16)10(9-2-1-3-13-8-9)15-4-6-17-7-5-15/h1-3,8,10,16H,4-7H2,(H2,12,14). The second-order valence-electron chi connectivity index (χ2n) is 3.86. The van der Waals surface area contributed by atoms with Crippen molar-refractivity contribution in [1.29, 1.82) is 0 Å². The fourth-order valence-electron chi connectivity index (χ4n) is 2.00. The van der Waals surface area contributed by atoms with Crippen LogP contribution in [0.15, 0.2) is 29.7 Å². The van der Waals surface area contributed by atoms with E-state index in [0.717, 1.165) is 18.7 Å². The van der Waals surface area contributed by atoms with Gasteiger partial charge in [-0.1, -0.05) is 11.2 Å².